The first kappa shape index (κ1) is 19.5. The van der Waals surface area contributed by atoms with Crippen LogP contribution in [0.1, 0.15) is 74.1 Å². The van der Waals surface area contributed by atoms with Crippen molar-refractivity contribution in [1.29, 1.82) is 0 Å². The van der Waals surface area contributed by atoms with Crippen LogP contribution in [0.25, 0.3) is 0 Å². The SMILES string of the molecule is CCn1nc(C(C)C)cc1C(=O)N1CCCC[C@@H]1CCc1cccc(O)c1. The number of amides is 1. The topological polar surface area (TPSA) is 58.4 Å². The maximum Gasteiger partial charge on any atom is 0.272 e. The summed E-state index contributed by atoms with van der Waals surface area (Å²) in [7, 11) is 0. The number of benzene rings is 1. The first-order valence-electron chi connectivity index (χ1n) is 10.2. The minimum absolute atomic E-state index is 0.108. The molecule has 1 fully saturated rings. The molecule has 0 spiro atoms. The highest BCUT2D eigenvalue weighted by atomic mass is 16.3. The first-order valence-corrected chi connectivity index (χ1v) is 10.2. The number of carbonyl (C=O) groups excluding carboxylic acids is 1. The Hall–Kier alpha value is -2.30. The molecule has 2 heterocycles. The van der Waals surface area contributed by atoms with Gasteiger partial charge in [-0.15, -0.1) is 0 Å². The summed E-state index contributed by atoms with van der Waals surface area (Å²) >= 11 is 0. The third-order valence-corrected chi connectivity index (χ3v) is 5.47. The molecule has 27 heavy (non-hydrogen) atoms. The lowest BCUT2D eigenvalue weighted by Crippen LogP contribution is -2.44. The number of rotatable bonds is 6. The number of hydrogen-bond donors (Lipinski definition) is 1. The molecule has 1 aliphatic rings. The Bertz CT molecular complexity index is 782. The van der Waals surface area contributed by atoms with E-state index in [-0.39, 0.29) is 11.9 Å². The summed E-state index contributed by atoms with van der Waals surface area (Å²) in [5.74, 6) is 0.723. The van der Waals surface area contributed by atoms with Gasteiger partial charge in [0.15, 0.2) is 0 Å². The van der Waals surface area contributed by atoms with Crippen molar-refractivity contribution in [1.82, 2.24) is 14.7 Å². The van der Waals surface area contributed by atoms with Gasteiger partial charge in [0.05, 0.1) is 5.69 Å². The third-order valence-electron chi connectivity index (χ3n) is 5.47. The molecule has 1 aromatic heterocycles. The van der Waals surface area contributed by atoms with Crippen molar-refractivity contribution in [3.8, 4) is 5.75 Å². The molecule has 1 saturated heterocycles. The number of carbonyl (C=O) groups is 1. The number of aromatic hydroxyl groups is 1. The molecule has 146 valence electrons. The number of phenols is 1. The monoisotopic (exact) mass is 369 g/mol. The van der Waals surface area contributed by atoms with E-state index in [1.807, 2.05) is 35.9 Å². The fraction of sp³-hybridized carbons (Fsp3) is 0.545. The fourth-order valence-electron chi connectivity index (χ4n) is 3.89. The summed E-state index contributed by atoms with van der Waals surface area (Å²) in [4.78, 5) is 15.4. The highest BCUT2D eigenvalue weighted by Crippen LogP contribution is 2.25. The number of aryl methyl sites for hydroxylation is 2. The highest BCUT2D eigenvalue weighted by Gasteiger charge is 2.29. The smallest absolute Gasteiger partial charge is 0.272 e. The molecule has 0 bridgehead atoms. The fourth-order valence-corrected chi connectivity index (χ4v) is 3.89. The lowest BCUT2D eigenvalue weighted by Gasteiger charge is -2.36. The zero-order valence-corrected chi connectivity index (χ0v) is 16.7. The van der Waals surface area contributed by atoms with Crippen molar-refractivity contribution in [2.45, 2.75) is 71.4 Å². The molecule has 0 aliphatic carbocycles. The molecule has 1 atom stereocenters. The van der Waals surface area contributed by atoms with Gasteiger partial charge in [-0.3, -0.25) is 9.48 Å². The average Bonchev–Trinajstić information content (AvgIpc) is 3.11. The maximum absolute atomic E-state index is 13.3. The minimum atomic E-state index is 0.108. The van der Waals surface area contributed by atoms with Gasteiger partial charge in [-0.25, -0.2) is 0 Å². The van der Waals surface area contributed by atoms with Crippen LogP contribution in [0.2, 0.25) is 0 Å². The number of likely N-dealkylation sites (tertiary alicyclic amines) is 1. The molecule has 2 aromatic rings. The Morgan fingerprint density at radius 3 is 2.81 bits per heavy atom. The molecule has 0 unspecified atom stereocenters. The van der Waals surface area contributed by atoms with E-state index in [1.54, 1.807) is 6.07 Å². The van der Waals surface area contributed by atoms with Crippen molar-refractivity contribution in [3.05, 3.63) is 47.3 Å². The van der Waals surface area contributed by atoms with E-state index in [0.29, 0.717) is 23.9 Å². The van der Waals surface area contributed by atoms with E-state index in [4.69, 9.17) is 0 Å². The van der Waals surface area contributed by atoms with Gasteiger partial charge in [0.1, 0.15) is 11.4 Å². The van der Waals surface area contributed by atoms with Gasteiger partial charge in [-0.2, -0.15) is 5.10 Å². The van der Waals surface area contributed by atoms with Gasteiger partial charge in [0.2, 0.25) is 0 Å². The summed E-state index contributed by atoms with van der Waals surface area (Å²) in [6.07, 6.45) is 5.06. The molecular weight excluding hydrogens is 338 g/mol. The maximum atomic E-state index is 13.3. The molecule has 1 N–H and O–H groups in total. The van der Waals surface area contributed by atoms with Crippen LogP contribution < -0.4 is 0 Å². The summed E-state index contributed by atoms with van der Waals surface area (Å²) < 4.78 is 1.85. The molecule has 1 amide bonds. The third kappa shape index (κ3) is 4.52. The number of phenolic OH excluding ortho intramolecular Hbond substituents is 1. The Balaban J connectivity index is 1.75. The normalized spacial score (nSPS) is 17.5. The lowest BCUT2D eigenvalue weighted by molar-refractivity contribution is 0.0589. The molecule has 1 aromatic carbocycles. The molecule has 5 heteroatoms. The van der Waals surface area contributed by atoms with E-state index >= 15 is 0 Å². The summed E-state index contributed by atoms with van der Waals surface area (Å²) in [5.41, 5.74) is 2.81. The van der Waals surface area contributed by atoms with Crippen LogP contribution in [-0.2, 0) is 13.0 Å². The Morgan fingerprint density at radius 2 is 2.11 bits per heavy atom. The summed E-state index contributed by atoms with van der Waals surface area (Å²) in [6, 6.07) is 9.64. The van der Waals surface area contributed by atoms with Crippen LogP contribution in [-0.4, -0.2) is 38.3 Å². The van der Waals surface area contributed by atoms with Crippen LogP contribution >= 0.6 is 0 Å². The molecule has 0 radical (unpaired) electrons. The van der Waals surface area contributed by atoms with Crippen molar-refractivity contribution >= 4 is 5.91 Å². The number of piperidine rings is 1. The summed E-state index contributed by atoms with van der Waals surface area (Å²) in [6.45, 7) is 7.76. The van der Waals surface area contributed by atoms with Gasteiger partial charge < -0.3 is 10.0 Å². The van der Waals surface area contributed by atoms with Crippen molar-refractivity contribution < 1.29 is 9.90 Å². The Morgan fingerprint density at radius 1 is 1.30 bits per heavy atom. The second-order valence-corrected chi connectivity index (χ2v) is 7.78. The van der Waals surface area contributed by atoms with Crippen molar-refractivity contribution in [2.75, 3.05) is 6.54 Å². The van der Waals surface area contributed by atoms with Gasteiger partial charge in [0.25, 0.3) is 5.91 Å². The quantitative estimate of drug-likeness (QED) is 0.823. The van der Waals surface area contributed by atoms with Crippen molar-refractivity contribution in [3.63, 3.8) is 0 Å². The van der Waals surface area contributed by atoms with Crippen LogP contribution in [0, 0.1) is 0 Å². The zero-order valence-electron chi connectivity index (χ0n) is 16.7. The Labute approximate surface area is 162 Å². The standard InChI is InChI=1S/C22H31N3O2/c1-4-25-21(15-20(23-25)16(2)3)22(27)24-13-6-5-9-18(24)12-11-17-8-7-10-19(26)14-17/h7-8,10,14-16,18,26H,4-6,9,11-13H2,1-3H3/t18-/m1/s1. The minimum Gasteiger partial charge on any atom is -0.508 e. The Kier molecular flexibility index (Phi) is 6.19. The number of aromatic nitrogens is 2. The van der Waals surface area contributed by atoms with E-state index in [1.165, 1.54) is 6.42 Å². The molecular formula is C22H31N3O2. The van der Waals surface area contributed by atoms with Crippen LogP contribution in [0.3, 0.4) is 0 Å². The van der Waals surface area contributed by atoms with Crippen molar-refractivity contribution in [2.24, 2.45) is 0 Å². The van der Waals surface area contributed by atoms with Crippen LogP contribution in [0.5, 0.6) is 5.75 Å². The molecule has 0 saturated carbocycles. The average molecular weight is 370 g/mol. The second kappa shape index (κ2) is 8.59. The van der Waals surface area contributed by atoms with Crippen LogP contribution in [0.4, 0.5) is 0 Å². The number of hydrogen-bond acceptors (Lipinski definition) is 3. The molecule has 1 aliphatic heterocycles. The number of nitrogens with zero attached hydrogens (tertiary/aromatic N) is 3. The highest BCUT2D eigenvalue weighted by molar-refractivity contribution is 5.93. The second-order valence-electron chi connectivity index (χ2n) is 7.78. The predicted octanol–water partition coefficient (Wildman–Crippen LogP) is 4.36. The van der Waals surface area contributed by atoms with E-state index in [0.717, 1.165) is 43.5 Å². The van der Waals surface area contributed by atoms with Gasteiger partial charge in [-0.05, 0) is 68.7 Å². The van der Waals surface area contributed by atoms with E-state index in [2.05, 4.69) is 23.8 Å². The summed E-state index contributed by atoms with van der Waals surface area (Å²) in [5, 5.41) is 14.3. The predicted molar refractivity (Wildman–Crippen MR) is 107 cm³/mol. The lowest BCUT2D eigenvalue weighted by atomic mass is 9.95. The molecule has 3 rings (SSSR count). The van der Waals surface area contributed by atoms with E-state index < -0.39 is 0 Å². The van der Waals surface area contributed by atoms with Gasteiger partial charge in [-0.1, -0.05) is 26.0 Å². The first-order chi connectivity index (χ1) is 13.0. The molecule has 5 nitrogen and oxygen atoms in total. The van der Waals surface area contributed by atoms with Crippen LogP contribution in [0.15, 0.2) is 30.3 Å². The van der Waals surface area contributed by atoms with Gasteiger partial charge in [0, 0.05) is 19.1 Å². The van der Waals surface area contributed by atoms with Gasteiger partial charge >= 0.3 is 0 Å². The zero-order chi connectivity index (χ0) is 19.4. The largest absolute Gasteiger partial charge is 0.508 e. The van der Waals surface area contributed by atoms with E-state index in [9.17, 15) is 9.90 Å².